The van der Waals surface area contributed by atoms with Crippen molar-refractivity contribution in [2.45, 2.75) is 131 Å². The summed E-state index contributed by atoms with van der Waals surface area (Å²) in [6.07, 6.45) is 17.7. The quantitative estimate of drug-likeness (QED) is 0.0609. The predicted octanol–water partition coefficient (Wildman–Crippen LogP) is 21.6. The van der Waals surface area contributed by atoms with Gasteiger partial charge in [-0.2, -0.15) is 9.13 Å². The number of hydrogen-bond donors (Lipinski definition) is 2. The summed E-state index contributed by atoms with van der Waals surface area (Å²) in [5, 5.41) is 2.65. The molecule has 13 heterocycles. The van der Waals surface area contributed by atoms with Gasteiger partial charge in [-0.3, -0.25) is 9.13 Å². The third-order valence-electron chi connectivity index (χ3n) is 26.0. The summed E-state index contributed by atoms with van der Waals surface area (Å²) in [7, 11) is -7.98. The van der Waals surface area contributed by atoms with Crippen LogP contribution in [0.5, 0.6) is 0 Å². The Morgan fingerprint density at radius 1 is 0.336 bits per heavy atom. The first-order valence-electron chi connectivity index (χ1n) is 43.1. The average Bonchev–Trinajstić information content (AvgIpc) is 1.48. The second kappa shape index (κ2) is 37.0. The van der Waals surface area contributed by atoms with Gasteiger partial charge in [-0.25, -0.2) is 9.97 Å². The van der Waals surface area contributed by atoms with Crippen LogP contribution in [-0.4, -0.2) is 62.7 Å². The van der Waals surface area contributed by atoms with E-state index < -0.39 is 21.1 Å². The van der Waals surface area contributed by atoms with Crippen LogP contribution in [0.3, 0.4) is 0 Å². The fraction of sp³-hybridized carbons (Fsp3) is 0.193. The molecule has 0 unspecified atom stereocenters. The molecule has 0 fully saturated rings. The molecule has 131 heavy (non-hydrogen) atoms. The molecule has 13 aromatic rings. The summed E-state index contributed by atoms with van der Waals surface area (Å²) < 4.78 is 48.2. The van der Waals surface area contributed by atoms with Gasteiger partial charge in [0, 0.05) is 122 Å². The van der Waals surface area contributed by atoms with Crippen LogP contribution in [0.4, 0.5) is 0 Å². The molecule has 1 atom stereocenters. The summed E-state index contributed by atoms with van der Waals surface area (Å²) in [6.45, 7) is 39.1. The van der Waals surface area contributed by atoms with E-state index >= 15 is 0 Å². The van der Waals surface area contributed by atoms with Gasteiger partial charge < -0.3 is 28.8 Å². The third-order valence-corrected chi connectivity index (χ3v) is 29.1. The molecule has 630 valence electrons. The molecule has 0 radical (unpaired) electrons. The fourth-order valence-corrected chi connectivity index (χ4v) is 23.7. The third kappa shape index (κ3) is 15.8. The van der Waals surface area contributed by atoms with Crippen LogP contribution in [0, 0.1) is 111 Å². The van der Waals surface area contributed by atoms with Crippen molar-refractivity contribution in [2.75, 3.05) is 13.2 Å². The molecule has 8 aliphatic heterocycles. The maximum absolute atomic E-state index is 13.9. The van der Waals surface area contributed by atoms with Crippen molar-refractivity contribution in [1.82, 2.24) is 29.1 Å². The van der Waals surface area contributed by atoms with Crippen LogP contribution >= 0.6 is 15.2 Å². The Labute approximate surface area is 842 Å². The number of aryl methyl sites for hydroxylation is 16. The first-order valence-corrected chi connectivity index (χ1v) is 46.2. The normalized spacial score (nSPS) is 14.9. The van der Waals surface area contributed by atoms with Gasteiger partial charge in [0.05, 0.1) is 91.0 Å². The van der Waals surface area contributed by atoms with E-state index in [4.69, 9.17) is 29.0 Å². The van der Waals surface area contributed by atoms with Gasteiger partial charge in [-0.15, -0.1) is 22.1 Å². The SMILES string of the molecule is CCOP(=O)(OCC)c1ccc(-c2c3nc(c(-c4ccc(C)cc4C)c4ccc([n-]4)c(-c4c(C)cc(C)cc4C)c4nc(c(-c5c(C)cc(C)cc5C)c5ccc2[n-]5)C=C4)C=C3)cc1.Cc1ccc(C2=C3C=CC4=[N+]3[C@]35n6c2ccc6C(c2c(C)cc(C)cc2C)=C2C=CC(=[N+]23)C(c2c(C)cc(C)cc2C)=c2ccc(n25)=C4c2ccc(P(=O)(O)O)cc2)c(C)c1.[Zn+2].[Zn].[Zn].[Zn].[Zn].[Zn]. The minimum atomic E-state index is -4.46. The second-order valence-corrected chi connectivity index (χ2v) is 38.6. The topological polar surface area (TPSA) is 163 Å². The van der Waals surface area contributed by atoms with E-state index in [-0.39, 0.29) is 135 Å². The predicted molar refractivity (Wildman–Crippen MR) is 510 cm³/mol. The molecule has 14 nitrogen and oxygen atoms in total. The Morgan fingerprint density at radius 2 is 0.687 bits per heavy atom. The zero-order valence-electron chi connectivity index (χ0n) is 78.1. The molecule has 8 bridgehead atoms. The van der Waals surface area contributed by atoms with E-state index in [0.717, 1.165) is 162 Å². The van der Waals surface area contributed by atoms with Gasteiger partial charge in [0.15, 0.2) is 0 Å². The Hall–Kier alpha value is -9.00. The van der Waals surface area contributed by atoms with Crippen molar-refractivity contribution in [2.24, 2.45) is 0 Å². The molecule has 0 amide bonds. The van der Waals surface area contributed by atoms with Gasteiger partial charge in [0.1, 0.15) is 0 Å². The van der Waals surface area contributed by atoms with E-state index in [1.807, 2.05) is 50.2 Å². The van der Waals surface area contributed by atoms with E-state index in [2.05, 4.69) is 311 Å². The molecule has 0 saturated heterocycles. The van der Waals surface area contributed by atoms with E-state index in [0.29, 0.717) is 5.30 Å². The minimum Gasteiger partial charge on any atom is -0.657 e. The van der Waals surface area contributed by atoms with Crippen LogP contribution in [-0.2, 0) is 141 Å². The smallest absolute Gasteiger partial charge is 0.657 e. The fourth-order valence-electron chi connectivity index (χ4n) is 21.6. The van der Waals surface area contributed by atoms with Gasteiger partial charge >= 0.3 is 40.6 Å². The Bertz CT molecular complexity index is 7690. The zero-order chi connectivity index (χ0) is 87.2. The molecule has 1 spiro atoms. The minimum absolute atomic E-state index is 0. The van der Waals surface area contributed by atoms with Crippen LogP contribution in [0.15, 0.2) is 218 Å². The summed E-state index contributed by atoms with van der Waals surface area (Å²) >= 11 is 0. The van der Waals surface area contributed by atoms with Crippen LogP contribution < -0.4 is 31.3 Å². The van der Waals surface area contributed by atoms with Crippen LogP contribution in [0.1, 0.15) is 159 Å². The summed E-state index contributed by atoms with van der Waals surface area (Å²) in [5.74, 6) is -0.936. The number of nitrogens with zero attached hydrogens (tertiary/aromatic N) is 8. The maximum atomic E-state index is 13.9. The molecule has 8 aliphatic rings. The van der Waals surface area contributed by atoms with Crippen molar-refractivity contribution in [3.05, 3.63) is 374 Å². The molecule has 8 aromatic carbocycles. The van der Waals surface area contributed by atoms with E-state index in [1.54, 1.807) is 12.1 Å². The van der Waals surface area contributed by atoms with Gasteiger partial charge in [0.2, 0.25) is 22.8 Å². The molecule has 0 saturated carbocycles. The number of hydrogen-bond acceptors (Lipinski definition) is 6. The van der Waals surface area contributed by atoms with Crippen molar-refractivity contribution in [3.63, 3.8) is 0 Å². The van der Waals surface area contributed by atoms with Crippen molar-refractivity contribution >= 4 is 106 Å². The summed E-state index contributed by atoms with van der Waals surface area (Å²) in [5.41, 5.74) is 49.5. The van der Waals surface area contributed by atoms with E-state index in [9.17, 15) is 18.9 Å². The standard InChI is InChI=1S/C56H53N4O3P.C53H43N4O3P.6Zn/c1-11-62-64(61,63-12-2)41-16-14-40(15-17-41)53-43-19-21-45(57-43)54(42-18-13-32(3)27-35(42)6)46-22-24-48(59-46)56(52-38(9)30-34(5)31-39(52)10)50-26-25-49(60-50)55(47-23-20-44(53)58-47)51-36(7)28-33(4)29-37(51)8;1-28-9-14-38(31(4)23-28)50-41-17-15-39-49(36-10-12-37(13-11-36)61(58,59)60)40-16-19-43-51(47-32(5)24-29(2)25-33(47)6)45-21-22-46-52(48-34(7)26-30(3)27-35(48)8)44-20-18-42(50)56(44)53(54(39)41,55(40)43)57(45)46;;;;;;/h13-31H,11-12H2,1-10H3;9-27H,1-8H3;;;;;;/q-2;;;;;;;+2/p+2/t;53-;;;;;;/m.0....../s1. The van der Waals surface area contributed by atoms with E-state index in [1.165, 1.54) is 106 Å². The zero-order valence-corrected chi connectivity index (χ0v) is 97.7. The monoisotopic (exact) mass is 2060 g/mol. The maximum Gasteiger partial charge on any atom is 2.00 e. The summed E-state index contributed by atoms with van der Waals surface area (Å²) in [6, 6.07) is 63.7. The molecular formula is C109H98N8O6P2Zn6+2. The number of benzene rings is 8. The average molecular weight is 2070 g/mol. The largest absolute Gasteiger partial charge is 2.00 e. The van der Waals surface area contributed by atoms with Gasteiger partial charge in [-0.05, 0) is 320 Å². The number of allylic oxidation sites excluding steroid dienone is 4. The first-order chi connectivity index (χ1) is 60.0. The number of aromatic nitrogens is 6. The molecule has 2 N–H and O–H groups in total. The molecular weight excluding hydrogens is 1970 g/mol. The Kier molecular flexibility index (Phi) is 27.7. The Morgan fingerprint density at radius 3 is 1.12 bits per heavy atom. The number of fused-ring (bicyclic) bond motifs is 8. The van der Waals surface area contributed by atoms with Gasteiger partial charge in [0.25, 0.3) is 0 Å². The second-order valence-electron chi connectivity index (χ2n) is 34.9. The van der Waals surface area contributed by atoms with Gasteiger partial charge in [-0.1, -0.05) is 176 Å². The molecule has 5 aromatic heterocycles. The Balaban J connectivity index is 0.000000202. The molecule has 22 heteroatoms. The summed E-state index contributed by atoms with van der Waals surface area (Å²) in [4.78, 5) is 42.4. The van der Waals surface area contributed by atoms with Crippen molar-refractivity contribution < 1.29 is 154 Å². The van der Waals surface area contributed by atoms with Crippen molar-refractivity contribution in [3.8, 4) is 44.5 Å². The van der Waals surface area contributed by atoms with Crippen molar-refractivity contribution in [1.29, 1.82) is 0 Å². The first kappa shape index (κ1) is 98.0. The van der Waals surface area contributed by atoms with Crippen LogP contribution in [0.2, 0.25) is 0 Å². The van der Waals surface area contributed by atoms with Crippen LogP contribution in [0.25, 0.3) is 113 Å². The molecule has 21 rings (SSSR count). The number of rotatable bonds is 14. The molecule has 0 aliphatic carbocycles.